The van der Waals surface area contributed by atoms with Gasteiger partial charge in [0, 0.05) is 19.3 Å². The zero-order valence-electron chi connectivity index (χ0n) is 11.6. The summed E-state index contributed by atoms with van der Waals surface area (Å²) in [4.78, 5) is 21.0. The summed E-state index contributed by atoms with van der Waals surface area (Å²) in [6, 6.07) is 0.818. The number of likely N-dealkylation sites (tertiary alicyclic amines) is 1. The average Bonchev–Trinajstić information content (AvgIpc) is 2.44. The standard InChI is InChI=1S/C13H16F3N3OS/c1-9-3-2-6-19(7-9)11(20)8-21-12-17-5-4-10(18-12)13(14,15)16/h4-5,9H,2-3,6-8H2,1H3. The molecule has 2 heterocycles. The second kappa shape index (κ2) is 6.64. The Bertz CT molecular complexity index is 510. The predicted octanol–water partition coefficient (Wildman–Crippen LogP) is 2.85. The first-order chi connectivity index (χ1) is 9.86. The number of piperidine rings is 1. The molecular formula is C13H16F3N3OS. The van der Waals surface area contributed by atoms with Gasteiger partial charge in [0.1, 0.15) is 5.69 Å². The largest absolute Gasteiger partial charge is 0.433 e. The number of halogens is 3. The SMILES string of the molecule is CC1CCCN(C(=O)CSc2nccc(C(F)(F)F)n2)C1. The van der Waals surface area contributed by atoms with Gasteiger partial charge in [0.15, 0.2) is 5.16 Å². The van der Waals surface area contributed by atoms with Crippen LogP contribution in [0.25, 0.3) is 0 Å². The molecular weight excluding hydrogens is 303 g/mol. The maximum atomic E-state index is 12.5. The molecule has 1 aliphatic rings. The van der Waals surface area contributed by atoms with Crippen LogP contribution < -0.4 is 0 Å². The van der Waals surface area contributed by atoms with Gasteiger partial charge in [0.2, 0.25) is 5.91 Å². The smallest absolute Gasteiger partial charge is 0.342 e. The van der Waals surface area contributed by atoms with Crippen molar-refractivity contribution < 1.29 is 18.0 Å². The maximum Gasteiger partial charge on any atom is 0.433 e. The zero-order chi connectivity index (χ0) is 15.5. The van der Waals surface area contributed by atoms with Crippen LogP contribution in [0.1, 0.15) is 25.5 Å². The van der Waals surface area contributed by atoms with E-state index in [1.54, 1.807) is 4.90 Å². The van der Waals surface area contributed by atoms with Gasteiger partial charge in [-0.15, -0.1) is 0 Å². The molecule has 116 valence electrons. The fourth-order valence-corrected chi connectivity index (χ4v) is 2.94. The van der Waals surface area contributed by atoms with Crippen LogP contribution in [0.2, 0.25) is 0 Å². The summed E-state index contributed by atoms with van der Waals surface area (Å²) < 4.78 is 37.6. The van der Waals surface area contributed by atoms with Crippen molar-refractivity contribution in [3.8, 4) is 0 Å². The topological polar surface area (TPSA) is 46.1 Å². The highest BCUT2D eigenvalue weighted by Gasteiger charge is 2.32. The predicted molar refractivity (Wildman–Crippen MR) is 72.7 cm³/mol. The highest BCUT2D eigenvalue weighted by atomic mass is 32.2. The molecule has 1 saturated heterocycles. The van der Waals surface area contributed by atoms with Crippen LogP contribution in [-0.4, -0.2) is 39.6 Å². The lowest BCUT2D eigenvalue weighted by molar-refractivity contribution is -0.141. The van der Waals surface area contributed by atoms with E-state index in [-0.39, 0.29) is 16.8 Å². The summed E-state index contributed by atoms with van der Waals surface area (Å²) in [6.07, 6.45) is -1.36. The molecule has 0 aliphatic carbocycles. The lowest BCUT2D eigenvalue weighted by Crippen LogP contribution is -2.40. The summed E-state index contributed by atoms with van der Waals surface area (Å²) >= 11 is 0.940. The number of amides is 1. The van der Waals surface area contributed by atoms with Crippen LogP contribution in [-0.2, 0) is 11.0 Å². The van der Waals surface area contributed by atoms with Crippen LogP contribution in [0.4, 0.5) is 13.2 Å². The minimum absolute atomic E-state index is 0.0248. The second-order valence-electron chi connectivity index (χ2n) is 5.10. The normalized spacial score (nSPS) is 19.6. The van der Waals surface area contributed by atoms with E-state index < -0.39 is 11.9 Å². The molecule has 1 aliphatic heterocycles. The Morgan fingerprint density at radius 2 is 2.29 bits per heavy atom. The van der Waals surface area contributed by atoms with E-state index in [9.17, 15) is 18.0 Å². The number of aromatic nitrogens is 2. The van der Waals surface area contributed by atoms with Gasteiger partial charge >= 0.3 is 6.18 Å². The fraction of sp³-hybridized carbons (Fsp3) is 0.615. The monoisotopic (exact) mass is 319 g/mol. The highest BCUT2D eigenvalue weighted by molar-refractivity contribution is 7.99. The second-order valence-corrected chi connectivity index (χ2v) is 6.04. The molecule has 1 amide bonds. The van der Waals surface area contributed by atoms with Crippen molar-refractivity contribution in [2.75, 3.05) is 18.8 Å². The van der Waals surface area contributed by atoms with Crippen LogP contribution in [0.3, 0.4) is 0 Å². The van der Waals surface area contributed by atoms with Gasteiger partial charge < -0.3 is 4.90 Å². The van der Waals surface area contributed by atoms with E-state index in [0.717, 1.165) is 36.9 Å². The number of thioether (sulfide) groups is 1. The van der Waals surface area contributed by atoms with E-state index in [2.05, 4.69) is 16.9 Å². The average molecular weight is 319 g/mol. The number of carbonyl (C=O) groups excluding carboxylic acids is 1. The van der Waals surface area contributed by atoms with E-state index in [1.807, 2.05) is 0 Å². The molecule has 1 unspecified atom stereocenters. The van der Waals surface area contributed by atoms with Crippen molar-refractivity contribution in [2.45, 2.75) is 31.1 Å². The van der Waals surface area contributed by atoms with Gasteiger partial charge in [-0.3, -0.25) is 4.79 Å². The van der Waals surface area contributed by atoms with Crippen molar-refractivity contribution in [3.63, 3.8) is 0 Å². The Balaban J connectivity index is 1.92. The Hall–Kier alpha value is -1.31. The van der Waals surface area contributed by atoms with Gasteiger partial charge in [-0.1, -0.05) is 18.7 Å². The molecule has 1 aromatic heterocycles. The highest BCUT2D eigenvalue weighted by Crippen LogP contribution is 2.28. The molecule has 0 bridgehead atoms. The molecule has 0 saturated carbocycles. The molecule has 1 fully saturated rings. The third-order valence-electron chi connectivity index (χ3n) is 3.26. The number of alkyl halides is 3. The van der Waals surface area contributed by atoms with Crippen molar-refractivity contribution >= 4 is 17.7 Å². The van der Waals surface area contributed by atoms with Gasteiger partial charge in [0.25, 0.3) is 0 Å². The van der Waals surface area contributed by atoms with E-state index >= 15 is 0 Å². The lowest BCUT2D eigenvalue weighted by atomic mass is 10.0. The Morgan fingerprint density at radius 1 is 1.52 bits per heavy atom. The number of hydrogen-bond acceptors (Lipinski definition) is 4. The first-order valence-corrected chi connectivity index (χ1v) is 7.65. The number of nitrogens with zero attached hydrogens (tertiary/aromatic N) is 3. The fourth-order valence-electron chi connectivity index (χ4n) is 2.20. The Kier molecular flexibility index (Phi) is 5.08. The first-order valence-electron chi connectivity index (χ1n) is 6.67. The van der Waals surface area contributed by atoms with E-state index in [1.165, 1.54) is 0 Å². The van der Waals surface area contributed by atoms with Gasteiger partial charge in [-0.25, -0.2) is 9.97 Å². The molecule has 2 rings (SSSR count). The number of carbonyl (C=O) groups is 1. The third-order valence-corrected chi connectivity index (χ3v) is 4.10. The van der Waals surface area contributed by atoms with Crippen LogP contribution in [0.15, 0.2) is 17.4 Å². The molecule has 8 heteroatoms. The van der Waals surface area contributed by atoms with Crippen molar-refractivity contribution in [1.82, 2.24) is 14.9 Å². The Labute approximate surface area is 125 Å². The molecule has 21 heavy (non-hydrogen) atoms. The molecule has 0 aromatic carbocycles. The molecule has 0 N–H and O–H groups in total. The van der Waals surface area contributed by atoms with Crippen LogP contribution in [0.5, 0.6) is 0 Å². The van der Waals surface area contributed by atoms with Crippen LogP contribution in [0, 0.1) is 5.92 Å². The molecule has 1 atom stereocenters. The van der Waals surface area contributed by atoms with Crippen LogP contribution >= 0.6 is 11.8 Å². The summed E-state index contributed by atoms with van der Waals surface area (Å²) in [7, 11) is 0. The molecule has 0 spiro atoms. The molecule has 1 aromatic rings. The summed E-state index contributed by atoms with van der Waals surface area (Å²) in [6.45, 7) is 3.51. The third kappa shape index (κ3) is 4.59. The first kappa shape index (κ1) is 16.1. The van der Waals surface area contributed by atoms with Crippen molar-refractivity contribution in [1.29, 1.82) is 0 Å². The van der Waals surface area contributed by atoms with Crippen molar-refractivity contribution in [3.05, 3.63) is 18.0 Å². The van der Waals surface area contributed by atoms with Gasteiger partial charge in [0.05, 0.1) is 5.75 Å². The Morgan fingerprint density at radius 3 is 2.95 bits per heavy atom. The minimum atomic E-state index is -4.50. The van der Waals surface area contributed by atoms with Gasteiger partial charge in [-0.2, -0.15) is 13.2 Å². The molecule has 0 radical (unpaired) electrons. The summed E-state index contributed by atoms with van der Waals surface area (Å²) in [5, 5.41) is -0.0248. The van der Waals surface area contributed by atoms with Gasteiger partial charge in [-0.05, 0) is 24.8 Å². The quantitative estimate of drug-likeness (QED) is 0.635. The zero-order valence-corrected chi connectivity index (χ0v) is 12.4. The number of rotatable bonds is 3. The van der Waals surface area contributed by atoms with E-state index in [4.69, 9.17) is 0 Å². The number of hydrogen-bond donors (Lipinski definition) is 0. The minimum Gasteiger partial charge on any atom is -0.342 e. The summed E-state index contributed by atoms with van der Waals surface area (Å²) in [5.41, 5.74) is -0.987. The maximum absolute atomic E-state index is 12.5. The van der Waals surface area contributed by atoms with Crippen molar-refractivity contribution in [2.24, 2.45) is 5.92 Å². The summed E-state index contributed by atoms with van der Waals surface area (Å²) in [5.74, 6) is 0.457. The van der Waals surface area contributed by atoms with E-state index in [0.29, 0.717) is 19.0 Å². The lowest BCUT2D eigenvalue weighted by Gasteiger charge is -2.30. The molecule has 4 nitrogen and oxygen atoms in total.